The van der Waals surface area contributed by atoms with Crippen molar-refractivity contribution in [2.45, 2.75) is 5.54 Å². The van der Waals surface area contributed by atoms with Crippen molar-refractivity contribution in [3.63, 3.8) is 0 Å². The van der Waals surface area contributed by atoms with Crippen LogP contribution >= 0.6 is 23.2 Å². The van der Waals surface area contributed by atoms with Gasteiger partial charge in [-0.05, 0) is 30.3 Å². The van der Waals surface area contributed by atoms with Crippen LogP contribution in [0.15, 0.2) is 36.5 Å². The summed E-state index contributed by atoms with van der Waals surface area (Å²) in [5.41, 5.74) is -0.697. The van der Waals surface area contributed by atoms with Crippen LogP contribution in [0, 0.1) is 5.82 Å². The highest BCUT2D eigenvalue weighted by Crippen LogP contribution is 2.37. The summed E-state index contributed by atoms with van der Waals surface area (Å²) in [6, 6.07) is 7.63. The van der Waals surface area contributed by atoms with Gasteiger partial charge in [0.1, 0.15) is 6.54 Å². The molecule has 0 radical (unpaired) electrons. The molecule has 1 aromatic heterocycles. The first-order valence-electron chi connectivity index (χ1n) is 7.72. The van der Waals surface area contributed by atoms with Gasteiger partial charge in [-0.1, -0.05) is 23.2 Å². The number of nitrogens with zero attached hydrogens (tertiary/aromatic N) is 3. The number of ether oxygens (including phenoxy) is 1. The second-order valence-corrected chi connectivity index (χ2v) is 6.95. The zero-order valence-corrected chi connectivity index (χ0v) is 14.8. The third kappa shape index (κ3) is 2.55. The van der Waals surface area contributed by atoms with Crippen molar-refractivity contribution < 1.29 is 18.7 Å². The minimum atomic E-state index is -1.23. The second kappa shape index (κ2) is 6.19. The van der Waals surface area contributed by atoms with E-state index >= 15 is 0 Å². The highest BCUT2D eigenvalue weighted by Gasteiger charge is 2.59. The summed E-state index contributed by atoms with van der Waals surface area (Å²) in [6.45, 7) is -0.299. The number of rotatable bonds is 2. The van der Waals surface area contributed by atoms with Crippen LogP contribution in [0.5, 0.6) is 0 Å². The first-order valence-corrected chi connectivity index (χ1v) is 8.47. The number of carbonyl (C=O) groups excluding carboxylic acids is 2. The average molecular weight is 396 g/mol. The van der Waals surface area contributed by atoms with Gasteiger partial charge < -0.3 is 4.74 Å². The molecule has 4 rings (SSSR count). The lowest BCUT2D eigenvalue weighted by molar-refractivity contribution is -0.149. The van der Waals surface area contributed by atoms with E-state index in [1.54, 1.807) is 24.3 Å². The summed E-state index contributed by atoms with van der Waals surface area (Å²) in [4.78, 5) is 32.3. The smallest absolute Gasteiger partial charge is 0.259 e. The van der Waals surface area contributed by atoms with E-state index in [-0.39, 0.29) is 36.5 Å². The summed E-state index contributed by atoms with van der Waals surface area (Å²) in [5.74, 6) is -1.82. The summed E-state index contributed by atoms with van der Waals surface area (Å²) >= 11 is 11.6. The Morgan fingerprint density at radius 3 is 2.38 bits per heavy atom. The molecule has 0 bridgehead atoms. The number of benzene rings is 1. The lowest BCUT2D eigenvalue weighted by Gasteiger charge is -2.52. The van der Waals surface area contributed by atoms with Gasteiger partial charge in [0.05, 0.1) is 18.2 Å². The van der Waals surface area contributed by atoms with E-state index < -0.39 is 17.3 Å². The molecule has 1 spiro atoms. The third-order valence-corrected chi connectivity index (χ3v) is 4.88. The molecule has 2 aromatic rings. The Balaban J connectivity index is 1.76. The van der Waals surface area contributed by atoms with Gasteiger partial charge in [-0.3, -0.25) is 19.4 Å². The maximum atomic E-state index is 14.3. The molecule has 0 N–H and O–H groups in total. The molecule has 2 amide bonds. The monoisotopic (exact) mass is 395 g/mol. The van der Waals surface area contributed by atoms with E-state index in [1.807, 2.05) is 0 Å². The first-order chi connectivity index (χ1) is 12.4. The van der Waals surface area contributed by atoms with Crippen LogP contribution in [0.1, 0.15) is 0 Å². The van der Waals surface area contributed by atoms with Crippen LogP contribution in [0.3, 0.4) is 0 Å². The van der Waals surface area contributed by atoms with Crippen molar-refractivity contribution in [3.05, 3.63) is 52.4 Å². The molecule has 0 atom stereocenters. The van der Waals surface area contributed by atoms with Gasteiger partial charge in [0.25, 0.3) is 5.91 Å². The van der Waals surface area contributed by atoms with E-state index in [1.165, 1.54) is 11.1 Å². The molecule has 26 heavy (non-hydrogen) atoms. The van der Waals surface area contributed by atoms with Gasteiger partial charge in [0.15, 0.2) is 17.2 Å². The van der Waals surface area contributed by atoms with Crippen LogP contribution in [-0.2, 0) is 14.3 Å². The Morgan fingerprint density at radius 1 is 1.12 bits per heavy atom. The second-order valence-electron chi connectivity index (χ2n) is 6.08. The van der Waals surface area contributed by atoms with Crippen molar-refractivity contribution in [3.8, 4) is 0 Å². The Hall–Kier alpha value is -2.22. The molecule has 3 heterocycles. The lowest BCUT2D eigenvalue weighted by Crippen LogP contribution is -2.77. The molecule has 1 aromatic carbocycles. The molecular weight excluding hydrogens is 384 g/mol. The zero-order valence-electron chi connectivity index (χ0n) is 13.3. The van der Waals surface area contributed by atoms with Gasteiger partial charge in [-0.15, -0.1) is 0 Å². The Labute approximate surface area is 158 Å². The molecule has 9 heteroatoms. The van der Waals surface area contributed by atoms with E-state index in [0.29, 0.717) is 10.7 Å². The highest BCUT2D eigenvalue weighted by molar-refractivity contribution is 6.31. The molecule has 134 valence electrons. The number of hydrogen-bond donors (Lipinski definition) is 0. The molecular formula is C17H12Cl2FN3O3. The van der Waals surface area contributed by atoms with Gasteiger partial charge in [0.2, 0.25) is 5.91 Å². The van der Waals surface area contributed by atoms with Crippen LogP contribution in [0.2, 0.25) is 10.0 Å². The largest absolute Gasteiger partial charge is 0.375 e. The number of amides is 2. The number of pyridine rings is 1. The van der Waals surface area contributed by atoms with Crippen LogP contribution in [0.4, 0.5) is 15.9 Å². The van der Waals surface area contributed by atoms with Gasteiger partial charge >= 0.3 is 0 Å². The zero-order chi connectivity index (χ0) is 18.5. The standard InChI is InChI=1S/C17H12Cl2FN3O3/c18-10-1-3-12(4-2-10)23-14(24)7-22(16(25)17(23)8-26-9-17)15-13(20)5-11(19)6-21-15/h1-6H,7-9H2. The fourth-order valence-corrected chi connectivity index (χ4v) is 3.44. The number of carbonyl (C=O) groups is 2. The van der Waals surface area contributed by atoms with Crippen molar-refractivity contribution in [2.24, 2.45) is 0 Å². The minimum Gasteiger partial charge on any atom is -0.375 e. The number of halogens is 3. The van der Waals surface area contributed by atoms with Crippen LogP contribution < -0.4 is 9.80 Å². The van der Waals surface area contributed by atoms with E-state index in [2.05, 4.69) is 4.98 Å². The van der Waals surface area contributed by atoms with Crippen LogP contribution in [-0.4, -0.2) is 42.1 Å². The van der Waals surface area contributed by atoms with Crippen molar-refractivity contribution in [1.82, 2.24) is 4.98 Å². The normalized spacial score (nSPS) is 19.0. The van der Waals surface area contributed by atoms with Crippen LogP contribution in [0.25, 0.3) is 0 Å². The number of piperazine rings is 1. The van der Waals surface area contributed by atoms with Gasteiger partial charge in [-0.2, -0.15) is 0 Å². The molecule has 0 saturated carbocycles. The average Bonchev–Trinajstić information content (AvgIpc) is 2.56. The molecule has 2 fully saturated rings. The maximum absolute atomic E-state index is 14.3. The fraction of sp³-hybridized carbons (Fsp3) is 0.235. The topological polar surface area (TPSA) is 62.7 Å². The molecule has 0 unspecified atom stereocenters. The molecule has 2 aliphatic heterocycles. The van der Waals surface area contributed by atoms with Gasteiger partial charge in [0, 0.05) is 16.9 Å². The third-order valence-electron chi connectivity index (χ3n) is 4.42. The molecule has 2 aliphatic rings. The summed E-state index contributed by atoms with van der Waals surface area (Å²) in [6.07, 6.45) is 1.23. The van der Waals surface area contributed by atoms with Gasteiger partial charge in [-0.25, -0.2) is 9.37 Å². The van der Waals surface area contributed by atoms with Crippen molar-refractivity contribution in [1.29, 1.82) is 0 Å². The van der Waals surface area contributed by atoms with E-state index in [0.717, 1.165) is 11.0 Å². The predicted octanol–water partition coefficient (Wildman–Crippen LogP) is 2.68. The summed E-state index contributed by atoms with van der Waals surface area (Å²) in [7, 11) is 0. The quantitative estimate of drug-likeness (QED) is 0.783. The minimum absolute atomic E-state index is 0.0198. The predicted molar refractivity (Wildman–Crippen MR) is 94.0 cm³/mol. The number of hydrogen-bond acceptors (Lipinski definition) is 4. The Kier molecular flexibility index (Phi) is 4.10. The maximum Gasteiger partial charge on any atom is 0.259 e. The van der Waals surface area contributed by atoms with E-state index in [9.17, 15) is 14.0 Å². The van der Waals surface area contributed by atoms with E-state index in [4.69, 9.17) is 27.9 Å². The summed E-state index contributed by atoms with van der Waals surface area (Å²) < 4.78 is 19.5. The van der Waals surface area contributed by atoms with Crippen molar-refractivity contribution in [2.75, 3.05) is 29.6 Å². The summed E-state index contributed by atoms with van der Waals surface area (Å²) in [5, 5.41) is 0.615. The Morgan fingerprint density at radius 2 is 1.81 bits per heavy atom. The Bertz CT molecular complexity index is 903. The lowest BCUT2D eigenvalue weighted by atomic mass is 9.89. The molecule has 0 aliphatic carbocycles. The highest BCUT2D eigenvalue weighted by atomic mass is 35.5. The molecule has 6 nitrogen and oxygen atoms in total. The van der Waals surface area contributed by atoms with Crippen molar-refractivity contribution >= 4 is 46.5 Å². The first kappa shape index (κ1) is 17.2. The number of aromatic nitrogens is 1. The molecule has 2 saturated heterocycles. The number of anilines is 2. The SMILES string of the molecule is O=C1CN(c2ncc(Cl)cc2F)C(=O)C2(COC2)N1c1ccc(Cl)cc1. The fourth-order valence-electron chi connectivity index (χ4n) is 3.17.